The molecule has 0 spiro atoms. The minimum Gasteiger partial charge on any atom is -0.242 e. The van der Waals surface area contributed by atoms with Gasteiger partial charge in [-0.05, 0) is 43.2 Å². The van der Waals surface area contributed by atoms with E-state index in [-0.39, 0.29) is 5.82 Å². The van der Waals surface area contributed by atoms with Crippen molar-refractivity contribution in [3.63, 3.8) is 0 Å². The molecule has 0 bridgehead atoms. The molecule has 0 amide bonds. The van der Waals surface area contributed by atoms with Gasteiger partial charge in [0.2, 0.25) is 0 Å². The van der Waals surface area contributed by atoms with Crippen molar-refractivity contribution in [2.45, 2.75) is 24.6 Å². The number of pyridine rings is 1. The van der Waals surface area contributed by atoms with Crippen LogP contribution in [0.5, 0.6) is 0 Å². The van der Waals surface area contributed by atoms with Gasteiger partial charge in [0.15, 0.2) is 0 Å². The first-order chi connectivity index (χ1) is 11.6. The monoisotopic (exact) mass is 355 g/mol. The van der Waals surface area contributed by atoms with E-state index in [4.69, 9.17) is 0 Å². The quantitative estimate of drug-likeness (QED) is 0.370. The van der Waals surface area contributed by atoms with Crippen LogP contribution in [0, 0.1) is 19.7 Å². The number of aryl methyl sites for hydroxylation is 2. The fraction of sp³-hybridized carbons (Fsp3) is 0.167. The highest BCUT2D eigenvalue weighted by Gasteiger charge is 2.14. The third kappa shape index (κ3) is 2.76. The van der Waals surface area contributed by atoms with Crippen LogP contribution in [0.2, 0.25) is 0 Å². The summed E-state index contributed by atoms with van der Waals surface area (Å²) in [5.74, 6) is 0.529. The van der Waals surface area contributed by atoms with Gasteiger partial charge >= 0.3 is 0 Å². The second-order valence-corrected chi connectivity index (χ2v) is 7.60. The summed E-state index contributed by atoms with van der Waals surface area (Å²) in [6.45, 7) is 4.10. The van der Waals surface area contributed by atoms with E-state index in [1.165, 1.54) is 17.7 Å². The fourth-order valence-electron chi connectivity index (χ4n) is 2.72. The van der Waals surface area contributed by atoms with Crippen molar-refractivity contribution in [1.82, 2.24) is 15.0 Å². The highest BCUT2D eigenvalue weighted by atomic mass is 32.2. The second kappa shape index (κ2) is 6.11. The number of fused-ring (bicyclic) bond motifs is 3. The highest BCUT2D eigenvalue weighted by Crippen LogP contribution is 2.38. The van der Waals surface area contributed by atoms with Crippen molar-refractivity contribution in [1.29, 1.82) is 0 Å². The zero-order valence-electron chi connectivity index (χ0n) is 13.2. The number of thioether (sulfide) groups is 1. The minimum atomic E-state index is -0.213. The predicted octanol–water partition coefficient (Wildman–Crippen LogP) is 5.29. The Balaban J connectivity index is 1.75. The summed E-state index contributed by atoms with van der Waals surface area (Å²) in [6, 6.07) is 8.67. The lowest BCUT2D eigenvalue weighted by molar-refractivity contribution is 0.627. The van der Waals surface area contributed by atoms with E-state index < -0.39 is 0 Å². The fourth-order valence-corrected chi connectivity index (χ4v) is 5.01. The lowest BCUT2D eigenvalue weighted by Gasteiger charge is -2.02. The van der Waals surface area contributed by atoms with Crippen LogP contribution in [0.25, 0.3) is 20.4 Å². The van der Waals surface area contributed by atoms with Crippen molar-refractivity contribution in [3.8, 4) is 0 Å². The molecular formula is C18H14FN3S2. The molecule has 0 unspecified atom stereocenters. The molecule has 0 aliphatic heterocycles. The van der Waals surface area contributed by atoms with E-state index in [0.717, 1.165) is 42.5 Å². The molecule has 3 heterocycles. The largest absolute Gasteiger partial charge is 0.242 e. The van der Waals surface area contributed by atoms with Crippen LogP contribution in [-0.4, -0.2) is 15.0 Å². The van der Waals surface area contributed by atoms with Crippen LogP contribution in [0.3, 0.4) is 0 Å². The molecule has 0 aliphatic carbocycles. The summed E-state index contributed by atoms with van der Waals surface area (Å²) in [6.07, 6.45) is 1.61. The van der Waals surface area contributed by atoms with Gasteiger partial charge in [0.1, 0.15) is 22.0 Å². The Labute approximate surface area is 147 Å². The zero-order valence-corrected chi connectivity index (χ0v) is 14.8. The third-order valence-electron chi connectivity index (χ3n) is 3.81. The SMILES string of the molecule is Cc1cc(C)c2c(n1)sc1c(SCc3ccc(F)cc3)ncnc12. The molecule has 0 saturated carbocycles. The topological polar surface area (TPSA) is 38.7 Å². The Morgan fingerprint density at radius 3 is 2.71 bits per heavy atom. The summed E-state index contributed by atoms with van der Waals surface area (Å²) in [5, 5.41) is 2.07. The van der Waals surface area contributed by atoms with Gasteiger partial charge in [-0.3, -0.25) is 0 Å². The maximum Gasteiger partial charge on any atom is 0.126 e. The molecule has 0 atom stereocenters. The second-order valence-electron chi connectivity index (χ2n) is 5.63. The van der Waals surface area contributed by atoms with Crippen LogP contribution in [0.4, 0.5) is 4.39 Å². The van der Waals surface area contributed by atoms with Crippen LogP contribution in [0.15, 0.2) is 41.7 Å². The van der Waals surface area contributed by atoms with Crippen molar-refractivity contribution in [3.05, 3.63) is 59.3 Å². The molecular weight excluding hydrogens is 341 g/mol. The number of hydrogen-bond acceptors (Lipinski definition) is 5. The molecule has 0 fully saturated rings. The van der Waals surface area contributed by atoms with Crippen molar-refractivity contribution in [2.24, 2.45) is 0 Å². The van der Waals surface area contributed by atoms with Gasteiger partial charge in [0, 0.05) is 16.8 Å². The molecule has 4 rings (SSSR count). The normalized spacial score (nSPS) is 11.5. The minimum absolute atomic E-state index is 0.213. The van der Waals surface area contributed by atoms with Gasteiger partial charge in [0.25, 0.3) is 0 Å². The standard InChI is InChI=1S/C18H14FN3S2/c1-10-7-11(2)22-17-14(10)15-16(24-17)18(21-9-20-15)23-8-12-3-5-13(19)6-4-12/h3-7,9H,8H2,1-2H3. The van der Waals surface area contributed by atoms with Gasteiger partial charge in [-0.15, -0.1) is 23.1 Å². The predicted molar refractivity (Wildman–Crippen MR) is 98.2 cm³/mol. The van der Waals surface area contributed by atoms with Crippen molar-refractivity contribution < 1.29 is 4.39 Å². The van der Waals surface area contributed by atoms with Crippen LogP contribution in [0.1, 0.15) is 16.8 Å². The van der Waals surface area contributed by atoms with E-state index in [9.17, 15) is 4.39 Å². The number of hydrogen-bond donors (Lipinski definition) is 0. The summed E-state index contributed by atoms with van der Waals surface area (Å²) >= 11 is 3.28. The lowest BCUT2D eigenvalue weighted by atomic mass is 10.1. The average molecular weight is 355 g/mol. The number of rotatable bonds is 3. The summed E-state index contributed by atoms with van der Waals surface area (Å²) in [4.78, 5) is 14.6. The van der Waals surface area contributed by atoms with E-state index in [1.807, 2.05) is 6.92 Å². The lowest BCUT2D eigenvalue weighted by Crippen LogP contribution is -1.87. The summed E-state index contributed by atoms with van der Waals surface area (Å²) < 4.78 is 14.1. The van der Waals surface area contributed by atoms with Gasteiger partial charge in [0.05, 0.1) is 10.2 Å². The third-order valence-corrected chi connectivity index (χ3v) is 6.08. The molecule has 3 aromatic heterocycles. The Morgan fingerprint density at radius 2 is 1.92 bits per heavy atom. The maximum atomic E-state index is 13.0. The smallest absolute Gasteiger partial charge is 0.126 e. The van der Waals surface area contributed by atoms with Crippen LogP contribution >= 0.6 is 23.1 Å². The molecule has 0 radical (unpaired) electrons. The number of benzene rings is 1. The Bertz CT molecular complexity index is 1040. The molecule has 0 saturated heterocycles. The molecule has 120 valence electrons. The van der Waals surface area contributed by atoms with Crippen molar-refractivity contribution >= 4 is 43.5 Å². The molecule has 3 nitrogen and oxygen atoms in total. The Morgan fingerprint density at radius 1 is 1.12 bits per heavy atom. The molecule has 0 N–H and O–H groups in total. The number of nitrogens with zero attached hydrogens (tertiary/aromatic N) is 3. The number of aromatic nitrogens is 3. The maximum absolute atomic E-state index is 13.0. The summed E-state index contributed by atoms with van der Waals surface area (Å²) in [7, 11) is 0. The van der Waals surface area contributed by atoms with Crippen LogP contribution < -0.4 is 0 Å². The molecule has 0 aliphatic rings. The van der Waals surface area contributed by atoms with E-state index in [0.29, 0.717) is 0 Å². The Kier molecular flexibility index (Phi) is 3.94. The first kappa shape index (κ1) is 15.5. The van der Waals surface area contributed by atoms with Gasteiger partial charge < -0.3 is 0 Å². The van der Waals surface area contributed by atoms with Gasteiger partial charge in [-0.1, -0.05) is 12.1 Å². The zero-order chi connectivity index (χ0) is 16.7. The van der Waals surface area contributed by atoms with Gasteiger partial charge in [-0.2, -0.15) is 0 Å². The van der Waals surface area contributed by atoms with Crippen LogP contribution in [-0.2, 0) is 5.75 Å². The first-order valence-corrected chi connectivity index (χ1v) is 9.31. The molecule has 4 aromatic rings. The highest BCUT2D eigenvalue weighted by molar-refractivity contribution is 7.98. The van der Waals surface area contributed by atoms with Crippen molar-refractivity contribution in [2.75, 3.05) is 0 Å². The summed E-state index contributed by atoms with van der Waals surface area (Å²) in [5.41, 5.74) is 4.24. The Hall–Kier alpha value is -2.05. The first-order valence-electron chi connectivity index (χ1n) is 7.50. The van der Waals surface area contributed by atoms with Gasteiger partial charge in [-0.25, -0.2) is 19.3 Å². The van der Waals surface area contributed by atoms with E-state index in [1.54, 1.807) is 41.6 Å². The number of thiophene rings is 1. The molecule has 1 aromatic carbocycles. The van der Waals surface area contributed by atoms with E-state index >= 15 is 0 Å². The van der Waals surface area contributed by atoms with E-state index in [2.05, 4.69) is 27.9 Å². The molecule has 24 heavy (non-hydrogen) atoms. The average Bonchev–Trinajstić information content (AvgIpc) is 2.93. The number of halogens is 1. The molecule has 6 heteroatoms.